The molecule has 1 nitrogen and oxygen atoms in total. The monoisotopic (exact) mass is 248 g/mol. The first kappa shape index (κ1) is 12.7. The number of nitrogens with zero attached hydrogens (tertiary/aromatic N) is 1. The Kier molecular flexibility index (Phi) is 3.70. The van der Waals surface area contributed by atoms with Crippen molar-refractivity contribution in [3.8, 4) is 11.3 Å². The number of halogens is 2. The van der Waals surface area contributed by atoms with E-state index in [-0.39, 0.29) is 0 Å². The molecule has 0 saturated carbocycles. The standard InChI is InChI=1S/C15H16F2N/c1-3-6-11-9-12(16)10-13(17)15(11)14-7-4-5-8-18(14)2/h4-5,7-10H,3,6H2,1-2H3/q+1. The molecule has 0 N–H and O–H groups in total. The molecule has 18 heavy (non-hydrogen) atoms. The Bertz CT molecular complexity index is 564. The Morgan fingerprint density at radius 2 is 1.94 bits per heavy atom. The van der Waals surface area contributed by atoms with Crippen LogP contribution in [0.1, 0.15) is 18.9 Å². The van der Waals surface area contributed by atoms with E-state index in [1.165, 1.54) is 6.07 Å². The topological polar surface area (TPSA) is 3.88 Å². The fourth-order valence-electron chi connectivity index (χ4n) is 2.16. The van der Waals surface area contributed by atoms with Crippen molar-refractivity contribution in [2.75, 3.05) is 0 Å². The van der Waals surface area contributed by atoms with Crippen LogP contribution in [0.4, 0.5) is 8.78 Å². The summed E-state index contributed by atoms with van der Waals surface area (Å²) in [6, 6.07) is 7.95. The van der Waals surface area contributed by atoms with Gasteiger partial charge >= 0.3 is 0 Å². The van der Waals surface area contributed by atoms with Crippen LogP contribution in [-0.4, -0.2) is 0 Å². The minimum absolute atomic E-state index is 0.500. The lowest BCUT2D eigenvalue weighted by atomic mass is 9.99. The van der Waals surface area contributed by atoms with Crippen molar-refractivity contribution < 1.29 is 13.3 Å². The highest BCUT2D eigenvalue weighted by atomic mass is 19.1. The van der Waals surface area contributed by atoms with E-state index in [1.807, 2.05) is 42.9 Å². The maximum Gasteiger partial charge on any atom is 0.215 e. The van der Waals surface area contributed by atoms with Gasteiger partial charge < -0.3 is 0 Å². The second kappa shape index (κ2) is 5.25. The zero-order valence-electron chi connectivity index (χ0n) is 10.6. The van der Waals surface area contributed by atoms with E-state index in [9.17, 15) is 8.78 Å². The summed E-state index contributed by atoms with van der Waals surface area (Å²) in [5.74, 6) is -1.02. The maximum absolute atomic E-state index is 14.0. The summed E-state index contributed by atoms with van der Waals surface area (Å²) in [5, 5.41) is 0. The molecule has 0 saturated heterocycles. The van der Waals surface area contributed by atoms with Crippen LogP contribution in [0.5, 0.6) is 0 Å². The van der Waals surface area contributed by atoms with Crippen LogP contribution in [0, 0.1) is 11.6 Å². The molecule has 0 fully saturated rings. The van der Waals surface area contributed by atoms with Gasteiger partial charge in [0.05, 0.1) is 5.56 Å². The first-order chi connectivity index (χ1) is 8.63. The van der Waals surface area contributed by atoms with Gasteiger partial charge in [0.25, 0.3) is 0 Å². The van der Waals surface area contributed by atoms with Gasteiger partial charge in [0.2, 0.25) is 5.69 Å². The predicted octanol–water partition coefficient (Wildman–Crippen LogP) is 3.41. The smallest absolute Gasteiger partial charge is 0.207 e. The van der Waals surface area contributed by atoms with E-state index in [2.05, 4.69) is 0 Å². The van der Waals surface area contributed by atoms with Gasteiger partial charge in [0, 0.05) is 18.2 Å². The molecular weight excluding hydrogens is 232 g/mol. The minimum atomic E-state index is -0.515. The van der Waals surface area contributed by atoms with E-state index >= 15 is 0 Å². The zero-order chi connectivity index (χ0) is 13.1. The summed E-state index contributed by atoms with van der Waals surface area (Å²) in [6.45, 7) is 2.00. The molecule has 0 radical (unpaired) electrons. The van der Waals surface area contributed by atoms with Gasteiger partial charge in [-0.25, -0.2) is 13.3 Å². The van der Waals surface area contributed by atoms with Gasteiger partial charge in [0.15, 0.2) is 6.20 Å². The average Bonchev–Trinajstić information content (AvgIpc) is 2.31. The summed E-state index contributed by atoms with van der Waals surface area (Å²) in [5.41, 5.74) is 1.98. The SMILES string of the molecule is CCCc1cc(F)cc(F)c1-c1cccc[n+]1C. The first-order valence-electron chi connectivity index (χ1n) is 6.06. The fourth-order valence-corrected chi connectivity index (χ4v) is 2.16. The molecule has 0 bridgehead atoms. The summed E-state index contributed by atoms with van der Waals surface area (Å²) in [4.78, 5) is 0. The van der Waals surface area contributed by atoms with E-state index in [0.717, 1.165) is 23.7 Å². The van der Waals surface area contributed by atoms with Crippen LogP contribution in [0.15, 0.2) is 36.5 Å². The lowest BCUT2D eigenvalue weighted by molar-refractivity contribution is -0.660. The second-order valence-electron chi connectivity index (χ2n) is 4.37. The number of hydrogen-bond acceptors (Lipinski definition) is 0. The van der Waals surface area contributed by atoms with Gasteiger partial charge in [-0.3, -0.25) is 0 Å². The highest BCUT2D eigenvalue weighted by Gasteiger charge is 2.19. The number of benzene rings is 1. The number of pyridine rings is 1. The third-order valence-electron chi connectivity index (χ3n) is 2.97. The van der Waals surface area contributed by atoms with Crippen LogP contribution >= 0.6 is 0 Å². The van der Waals surface area contributed by atoms with E-state index in [1.54, 1.807) is 0 Å². The molecule has 0 aliphatic carbocycles. The van der Waals surface area contributed by atoms with Crippen molar-refractivity contribution in [1.29, 1.82) is 0 Å². The van der Waals surface area contributed by atoms with Crippen molar-refractivity contribution in [1.82, 2.24) is 0 Å². The van der Waals surface area contributed by atoms with Gasteiger partial charge in [-0.15, -0.1) is 0 Å². The van der Waals surface area contributed by atoms with E-state index < -0.39 is 11.6 Å². The first-order valence-corrected chi connectivity index (χ1v) is 6.06. The molecule has 0 amide bonds. The highest BCUT2D eigenvalue weighted by Crippen LogP contribution is 2.26. The number of aromatic nitrogens is 1. The predicted molar refractivity (Wildman–Crippen MR) is 67.0 cm³/mol. The van der Waals surface area contributed by atoms with Crippen LogP contribution in [0.2, 0.25) is 0 Å². The Hall–Kier alpha value is -1.77. The van der Waals surface area contributed by atoms with Crippen LogP contribution in [-0.2, 0) is 13.5 Å². The second-order valence-corrected chi connectivity index (χ2v) is 4.37. The Morgan fingerprint density at radius 3 is 2.61 bits per heavy atom. The van der Waals surface area contributed by atoms with Crippen molar-refractivity contribution in [3.05, 3.63) is 53.7 Å². The van der Waals surface area contributed by atoms with Crippen LogP contribution in [0.25, 0.3) is 11.3 Å². The summed E-state index contributed by atoms with van der Waals surface area (Å²) in [7, 11) is 1.86. The molecule has 2 rings (SSSR count). The summed E-state index contributed by atoms with van der Waals surface area (Å²) >= 11 is 0. The molecule has 0 aliphatic rings. The average molecular weight is 248 g/mol. The molecule has 1 heterocycles. The van der Waals surface area contributed by atoms with Crippen molar-refractivity contribution in [3.63, 3.8) is 0 Å². The quantitative estimate of drug-likeness (QED) is 0.733. The normalized spacial score (nSPS) is 10.7. The van der Waals surface area contributed by atoms with Crippen molar-refractivity contribution in [2.24, 2.45) is 7.05 Å². The Balaban J connectivity index is 2.66. The molecule has 1 aromatic heterocycles. The molecule has 0 spiro atoms. The molecule has 3 heteroatoms. The number of aryl methyl sites for hydroxylation is 2. The Morgan fingerprint density at radius 1 is 1.17 bits per heavy atom. The molecule has 0 aliphatic heterocycles. The highest BCUT2D eigenvalue weighted by molar-refractivity contribution is 5.62. The van der Waals surface area contributed by atoms with Gasteiger partial charge in [-0.05, 0) is 24.1 Å². The Labute approximate surface area is 106 Å². The third-order valence-corrected chi connectivity index (χ3v) is 2.97. The molecular formula is C15H16F2N+. The molecule has 0 atom stereocenters. The summed E-state index contributed by atoms with van der Waals surface area (Å²) < 4.78 is 29.2. The van der Waals surface area contributed by atoms with Gasteiger partial charge in [0.1, 0.15) is 18.7 Å². The van der Waals surface area contributed by atoms with Gasteiger partial charge in [-0.1, -0.05) is 13.3 Å². The number of hydrogen-bond donors (Lipinski definition) is 0. The van der Waals surface area contributed by atoms with E-state index in [0.29, 0.717) is 12.0 Å². The van der Waals surface area contributed by atoms with Crippen LogP contribution < -0.4 is 4.57 Å². The molecule has 1 aromatic carbocycles. The lowest BCUT2D eigenvalue weighted by Gasteiger charge is -2.08. The molecule has 94 valence electrons. The maximum atomic E-state index is 14.0. The zero-order valence-corrected chi connectivity index (χ0v) is 10.6. The van der Waals surface area contributed by atoms with Gasteiger partial charge in [-0.2, -0.15) is 0 Å². The molecule has 2 aromatic rings. The van der Waals surface area contributed by atoms with E-state index in [4.69, 9.17) is 0 Å². The summed E-state index contributed by atoms with van der Waals surface area (Å²) in [6.07, 6.45) is 3.37. The van der Waals surface area contributed by atoms with Crippen molar-refractivity contribution >= 4 is 0 Å². The largest absolute Gasteiger partial charge is 0.215 e. The lowest BCUT2D eigenvalue weighted by Crippen LogP contribution is -2.30. The third kappa shape index (κ3) is 2.40. The minimum Gasteiger partial charge on any atom is -0.207 e. The van der Waals surface area contributed by atoms with Crippen LogP contribution in [0.3, 0.4) is 0 Å². The van der Waals surface area contributed by atoms with Crippen molar-refractivity contribution in [2.45, 2.75) is 19.8 Å². The fraction of sp³-hybridized carbons (Fsp3) is 0.267. The molecule has 0 unspecified atom stereocenters. The number of rotatable bonds is 3.